The minimum absolute atomic E-state index is 0.189. The Kier molecular flexibility index (Phi) is 3.19. The summed E-state index contributed by atoms with van der Waals surface area (Å²) in [5.74, 6) is 0. The molecule has 0 saturated carbocycles. The van der Waals surface area contributed by atoms with E-state index in [-0.39, 0.29) is 6.23 Å². The molecule has 1 unspecified atom stereocenters. The molecule has 1 aliphatic rings. The van der Waals surface area contributed by atoms with Crippen molar-refractivity contribution in [2.24, 2.45) is 0 Å². The van der Waals surface area contributed by atoms with Gasteiger partial charge in [-0.3, -0.25) is 0 Å². The van der Waals surface area contributed by atoms with Crippen LogP contribution in [-0.4, -0.2) is 16.4 Å². The first-order valence-corrected chi connectivity index (χ1v) is 5.56. The van der Waals surface area contributed by atoms with E-state index in [1.165, 1.54) is 18.5 Å². The normalized spacial score (nSPS) is 22.5. The van der Waals surface area contributed by atoms with Gasteiger partial charge >= 0.3 is 0 Å². The van der Waals surface area contributed by atoms with Crippen molar-refractivity contribution in [3.05, 3.63) is 18.0 Å². The fraction of sp³-hybridized carbons (Fsp3) is 0.727. The number of hydrogen-bond acceptors (Lipinski definition) is 2. The smallest absolute Gasteiger partial charge is 0.150 e. The summed E-state index contributed by atoms with van der Waals surface area (Å²) in [7, 11) is 0. The Labute approximate surface area is 85.1 Å². The Morgan fingerprint density at radius 2 is 2.50 bits per heavy atom. The molecule has 0 spiro atoms. The van der Waals surface area contributed by atoms with Crippen LogP contribution in [0.25, 0.3) is 0 Å². The average molecular weight is 194 g/mol. The maximum atomic E-state index is 5.66. The Balaban J connectivity index is 2.00. The van der Waals surface area contributed by atoms with Gasteiger partial charge in [0, 0.05) is 12.8 Å². The minimum Gasteiger partial charge on any atom is -0.357 e. The van der Waals surface area contributed by atoms with Gasteiger partial charge in [0.15, 0.2) is 0 Å². The van der Waals surface area contributed by atoms with Gasteiger partial charge in [-0.1, -0.05) is 13.3 Å². The van der Waals surface area contributed by atoms with Crippen molar-refractivity contribution in [2.75, 3.05) is 6.61 Å². The predicted octanol–water partition coefficient (Wildman–Crippen LogP) is 2.53. The lowest BCUT2D eigenvalue weighted by atomic mass is 10.2. The topological polar surface area (TPSA) is 27.1 Å². The molecule has 14 heavy (non-hydrogen) atoms. The second-order valence-electron chi connectivity index (χ2n) is 3.86. The summed E-state index contributed by atoms with van der Waals surface area (Å²) in [6, 6.07) is 2.10. The average Bonchev–Trinajstić information content (AvgIpc) is 2.68. The number of aromatic nitrogens is 2. The van der Waals surface area contributed by atoms with Crippen molar-refractivity contribution in [3.63, 3.8) is 0 Å². The van der Waals surface area contributed by atoms with Crippen molar-refractivity contribution in [1.82, 2.24) is 9.78 Å². The van der Waals surface area contributed by atoms with Gasteiger partial charge in [0.05, 0.1) is 5.69 Å². The third-order valence-electron chi connectivity index (χ3n) is 2.62. The Hall–Kier alpha value is -0.830. The first-order valence-electron chi connectivity index (χ1n) is 5.56. The van der Waals surface area contributed by atoms with Gasteiger partial charge < -0.3 is 4.74 Å². The highest BCUT2D eigenvalue weighted by molar-refractivity contribution is 4.99. The molecule has 78 valence electrons. The van der Waals surface area contributed by atoms with Crippen molar-refractivity contribution >= 4 is 0 Å². The molecule has 1 aliphatic heterocycles. The van der Waals surface area contributed by atoms with Gasteiger partial charge in [-0.2, -0.15) is 5.10 Å². The second kappa shape index (κ2) is 4.60. The number of ether oxygens (including phenoxy) is 1. The van der Waals surface area contributed by atoms with E-state index in [9.17, 15) is 0 Å². The molecular weight excluding hydrogens is 176 g/mol. The van der Waals surface area contributed by atoms with Crippen molar-refractivity contribution < 1.29 is 4.74 Å². The third-order valence-corrected chi connectivity index (χ3v) is 2.62. The van der Waals surface area contributed by atoms with Crippen LogP contribution in [0.3, 0.4) is 0 Å². The lowest BCUT2D eigenvalue weighted by molar-refractivity contribution is -0.0396. The van der Waals surface area contributed by atoms with Crippen LogP contribution < -0.4 is 0 Å². The molecule has 2 rings (SSSR count). The van der Waals surface area contributed by atoms with Gasteiger partial charge in [-0.25, -0.2) is 4.68 Å². The molecule has 1 aromatic heterocycles. The zero-order chi connectivity index (χ0) is 9.80. The van der Waals surface area contributed by atoms with Crippen LogP contribution in [0.4, 0.5) is 0 Å². The Morgan fingerprint density at radius 1 is 1.57 bits per heavy atom. The number of rotatable bonds is 3. The van der Waals surface area contributed by atoms with E-state index in [4.69, 9.17) is 4.74 Å². The predicted molar refractivity (Wildman–Crippen MR) is 55.1 cm³/mol. The summed E-state index contributed by atoms with van der Waals surface area (Å²) in [6.07, 6.45) is 8.01. The van der Waals surface area contributed by atoms with Crippen molar-refractivity contribution in [3.8, 4) is 0 Å². The van der Waals surface area contributed by atoms with Crippen LogP contribution >= 0.6 is 0 Å². The summed E-state index contributed by atoms with van der Waals surface area (Å²) >= 11 is 0. The van der Waals surface area contributed by atoms with Crippen LogP contribution in [0.5, 0.6) is 0 Å². The van der Waals surface area contributed by atoms with Crippen LogP contribution in [0, 0.1) is 0 Å². The molecule has 1 fully saturated rings. The zero-order valence-electron chi connectivity index (χ0n) is 8.78. The highest BCUT2D eigenvalue weighted by Crippen LogP contribution is 2.21. The highest BCUT2D eigenvalue weighted by Gasteiger charge is 2.15. The molecule has 0 aromatic carbocycles. The first kappa shape index (κ1) is 9.71. The van der Waals surface area contributed by atoms with E-state index in [2.05, 4.69) is 18.1 Å². The zero-order valence-corrected chi connectivity index (χ0v) is 8.78. The van der Waals surface area contributed by atoms with Crippen LogP contribution in [0.15, 0.2) is 12.3 Å². The van der Waals surface area contributed by atoms with Gasteiger partial charge in [0.2, 0.25) is 0 Å². The van der Waals surface area contributed by atoms with E-state index < -0.39 is 0 Å². The monoisotopic (exact) mass is 194 g/mol. The molecule has 3 nitrogen and oxygen atoms in total. The molecule has 1 saturated heterocycles. The molecule has 0 N–H and O–H groups in total. The molecule has 0 bridgehead atoms. The van der Waals surface area contributed by atoms with E-state index >= 15 is 0 Å². The fourth-order valence-electron chi connectivity index (χ4n) is 1.86. The molecule has 0 amide bonds. The standard InChI is InChI=1S/C11H18N2O/c1-2-5-10-7-8-13(12-10)11-6-3-4-9-14-11/h7-8,11H,2-6,9H2,1H3. The number of nitrogens with zero attached hydrogens (tertiary/aromatic N) is 2. The fourth-order valence-corrected chi connectivity index (χ4v) is 1.86. The Morgan fingerprint density at radius 3 is 3.21 bits per heavy atom. The quantitative estimate of drug-likeness (QED) is 0.739. The largest absolute Gasteiger partial charge is 0.357 e. The number of hydrogen-bond donors (Lipinski definition) is 0. The minimum atomic E-state index is 0.189. The third kappa shape index (κ3) is 2.15. The summed E-state index contributed by atoms with van der Waals surface area (Å²) in [5.41, 5.74) is 1.18. The van der Waals surface area contributed by atoms with Crippen LogP contribution in [0.1, 0.15) is 44.5 Å². The van der Waals surface area contributed by atoms with E-state index in [1.807, 2.05) is 10.9 Å². The first-order chi connectivity index (χ1) is 6.90. The molecule has 0 radical (unpaired) electrons. The molecule has 1 aromatic rings. The Bertz CT molecular complexity index is 277. The molecule has 3 heteroatoms. The maximum Gasteiger partial charge on any atom is 0.150 e. The molecule has 1 atom stereocenters. The number of aryl methyl sites for hydroxylation is 1. The van der Waals surface area contributed by atoms with E-state index in [0.717, 1.165) is 25.9 Å². The summed E-state index contributed by atoms with van der Waals surface area (Å²) in [4.78, 5) is 0. The van der Waals surface area contributed by atoms with Crippen molar-refractivity contribution in [1.29, 1.82) is 0 Å². The molecular formula is C11H18N2O. The lowest BCUT2D eigenvalue weighted by Crippen LogP contribution is -2.18. The van der Waals surface area contributed by atoms with E-state index in [1.54, 1.807) is 0 Å². The van der Waals surface area contributed by atoms with E-state index in [0.29, 0.717) is 0 Å². The maximum absolute atomic E-state index is 5.66. The van der Waals surface area contributed by atoms with Crippen LogP contribution in [-0.2, 0) is 11.2 Å². The summed E-state index contributed by atoms with van der Waals surface area (Å²) < 4.78 is 7.63. The van der Waals surface area contributed by atoms with Gasteiger partial charge in [0.1, 0.15) is 6.23 Å². The molecule has 2 heterocycles. The van der Waals surface area contributed by atoms with Crippen LogP contribution in [0.2, 0.25) is 0 Å². The van der Waals surface area contributed by atoms with Gasteiger partial charge in [-0.05, 0) is 31.7 Å². The SMILES string of the molecule is CCCc1ccn(C2CCCCO2)n1. The van der Waals surface area contributed by atoms with Crippen molar-refractivity contribution in [2.45, 2.75) is 45.3 Å². The summed E-state index contributed by atoms with van der Waals surface area (Å²) in [6.45, 7) is 3.06. The molecule has 0 aliphatic carbocycles. The highest BCUT2D eigenvalue weighted by atomic mass is 16.5. The van der Waals surface area contributed by atoms with Gasteiger partial charge in [-0.15, -0.1) is 0 Å². The second-order valence-corrected chi connectivity index (χ2v) is 3.86. The summed E-state index contributed by atoms with van der Waals surface area (Å²) in [5, 5.41) is 4.52. The lowest BCUT2D eigenvalue weighted by Gasteiger charge is -2.22. The van der Waals surface area contributed by atoms with Gasteiger partial charge in [0.25, 0.3) is 0 Å².